The largest absolute Gasteiger partial charge is 0.372 e. The van der Waals surface area contributed by atoms with E-state index >= 15 is 0 Å². The van der Waals surface area contributed by atoms with Crippen LogP contribution in [-0.2, 0) is 9.53 Å². The molecule has 0 bridgehead atoms. The van der Waals surface area contributed by atoms with Crippen LogP contribution in [0.2, 0.25) is 0 Å². The average molecular weight is 524 g/mol. The highest BCUT2D eigenvalue weighted by Gasteiger charge is 2.01. The van der Waals surface area contributed by atoms with Crippen molar-refractivity contribution in [1.82, 2.24) is 5.32 Å². The molecule has 3 heteroatoms. The maximum absolute atomic E-state index is 11.9. The number of amides is 1. The van der Waals surface area contributed by atoms with E-state index in [1.54, 1.807) is 0 Å². The van der Waals surface area contributed by atoms with Crippen molar-refractivity contribution in [2.75, 3.05) is 19.8 Å². The van der Waals surface area contributed by atoms with E-state index in [0.717, 1.165) is 26.0 Å². The Bertz CT molecular complexity index is 426. The van der Waals surface area contributed by atoms with Gasteiger partial charge in [0.1, 0.15) is 6.61 Å². The second-order valence-electron chi connectivity index (χ2n) is 11.6. The summed E-state index contributed by atoms with van der Waals surface area (Å²) in [7, 11) is 0. The summed E-state index contributed by atoms with van der Waals surface area (Å²) in [6.45, 7) is 6.33. The molecule has 0 aromatic rings. The van der Waals surface area contributed by atoms with Crippen LogP contribution in [0.15, 0.2) is 0 Å². The quantitative estimate of drug-likeness (QED) is 0.0890. The average Bonchev–Trinajstić information content (AvgIpc) is 2.90. The number of carbonyl (C=O) groups is 1. The van der Waals surface area contributed by atoms with E-state index in [-0.39, 0.29) is 12.5 Å². The highest BCUT2D eigenvalue weighted by atomic mass is 16.5. The predicted molar refractivity (Wildman–Crippen MR) is 164 cm³/mol. The minimum atomic E-state index is 0.0555. The Morgan fingerprint density at radius 2 is 0.730 bits per heavy atom. The maximum Gasteiger partial charge on any atom is 0.245 e. The van der Waals surface area contributed by atoms with Crippen LogP contribution in [0, 0.1) is 0 Å². The molecule has 0 unspecified atom stereocenters. The molecule has 0 saturated heterocycles. The molecule has 222 valence electrons. The van der Waals surface area contributed by atoms with Gasteiger partial charge >= 0.3 is 0 Å². The third kappa shape index (κ3) is 33.4. The smallest absolute Gasteiger partial charge is 0.245 e. The topological polar surface area (TPSA) is 38.3 Å². The number of ether oxygens (including phenoxy) is 1. The molecular weight excluding hydrogens is 454 g/mol. The Hall–Kier alpha value is -0.570. The fourth-order valence-electron chi connectivity index (χ4n) is 5.16. The first-order valence-electron chi connectivity index (χ1n) is 17.2. The lowest BCUT2D eigenvalue weighted by molar-refractivity contribution is -0.125. The van der Waals surface area contributed by atoms with E-state index in [0.29, 0.717) is 0 Å². The second kappa shape index (κ2) is 33.5. The molecule has 0 saturated carbocycles. The number of hydrogen-bond acceptors (Lipinski definition) is 2. The summed E-state index contributed by atoms with van der Waals surface area (Å²) in [6.07, 6.45) is 38.3. The lowest BCUT2D eigenvalue weighted by Crippen LogP contribution is -2.28. The third-order valence-electron chi connectivity index (χ3n) is 7.73. The molecule has 0 aliphatic rings. The van der Waals surface area contributed by atoms with E-state index < -0.39 is 0 Å². The summed E-state index contributed by atoms with van der Waals surface area (Å²) in [5.41, 5.74) is 0. The summed E-state index contributed by atoms with van der Waals surface area (Å²) >= 11 is 0. The van der Waals surface area contributed by atoms with Crippen molar-refractivity contribution >= 4 is 5.91 Å². The molecule has 0 fully saturated rings. The fourth-order valence-corrected chi connectivity index (χ4v) is 5.16. The van der Waals surface area contributed by atoms with Crippen molar-refractivity contribution in [3.8, 4) is 0 Å². The number of unbranched alkanes of at least 4 members (excludes halogenated alkanes) is 26. The zero-order valence-corrected chi connectivity index (χ0v) is 25.7. The molecule has 0 atom stereocenters. The first-order valence-corrected chi connectivity index (χ1v) is 17.2. The number of rotatable bonds is 32. The summed E-state index contributed by atoms with van der Waals surface area (Å²) in [6, 6.07) is 0. The summed E-state index contributed by atoms with van der Waals surface area (Å²) in [5.74, 6) is 0.0555. The highest BCUT2D eigenvalue weighted by molar-refractivity contribution is 5.77. The lowest BCUT2D eigenvalue weighted by atomic mass is 10.0. The molecule has 0 aromatic carbocycles. The summed E-state index contributed by atoms with van der Waals surface area (Å²) in [4.78, 5) is 11.9. The Balaban J connectivity index is 3.14. The van der Waals surface area contributed by atoms with Crippen LogP contribution in [-0.4, -0.2) is 25.7 Å². The highest BCUT2D eigenvalue weighted by Crippen LogP contribution is 2.14. The van der Waals surface area contributed by atoms with Gasteiger partial charge in [-0.1, -0.05) is 181 Å². The van der Waals surface area contributed by atoms with Gasteiger partial charge in [-0.05, 0) is 12.8 Å². The van der Waals surface area contributed by atoms with Crippen LogP contribution in [0.4, 0.5) is 0 Å². The van der Waals surface area contributed by atoms with Crippen LogP contribution < -0.4 is 5.32 Å². The van der Waals surface area contributed by atoms with Crippen LogP contribution in [0.25, 0.3) is 0 Å². The molecule has 0 heterocycles. The molecule has 0 aliphatic carbocycles. The Kier molecular flexibility index (Phi) is 32.9. The zero-order chi connectivity index (χ0) is 26.9. The van der Waals surface area contributed by atoms with Crippen molar-refractivity contribution in [3.63, 3.8) is 0 Å². The van der Waals surface area contributed by atoms with Gasteiger partial charge in [0.15, 0.2) is 0 Å². The van der Waals surface area contributed by atoms with Crippen LogP contribution in [0.1, 0.15) is 194 Å². The molecule has 0 rings (SSSR count). The number of hydrogen-bond donors (Lipinski definition) is 1. The number of carbonyl (C=O) groups excluding carboxylic acids is 1. The molecule has 0 radical (unpaired) electrons. The summed E-state index contributed by atoms with van der Waals surface area (Å²) in [5, 5.41) is 3.01. The van der Waals surface area contributed by atoms with E-state index in [4.69, 9.17) is 4.74 Å². The first kappa shape index (κ1) is 36.4. The Morgan fingerprint density at radius 3 is 1.08 bits per heavy atom. The van der Waals surface area contributed by atoms with Crippen molar-refractivity contribution in [1.29, 1.82) is 0 Å². The van der Waals surface area contributed by atoms with Gasteiger partial charge in [-0.3, -0.25) is 4.79 Å². The van der Waals surface area contributed by atoms with Gasteiger partial charge in [-0.15, -0.1) is 0 Å². The Morgan fingerprint density at radius 1 is 0.432 bits per heavy atom. The van der Waals surface area contributed by atoms with E-state index in [1.165, 1.54) is 167 Å². The van der Waals surface area contributed by atoms with Gasteiger partial charge in [0.25, 0.3) is 0 Å². The molecule has 1 N–H and O–H groups in total. The van der Waals surface area contributed by atoms with Crippen molar-refractivity contribution in [2.45, 2.75) is 194 Å². The molecule has 0 aliphatic heterocycles. The van der Waals surface area contributed by atoms with Crippen molar-refractivity contribution in [3.05, 3.63) is 0 Å². The SMILES string of the molecule is CCCCCCCCCCCCCCCCCCNC(=O)COCCCCCCCCCCCCCC. The van der Waals surface area contributed by atoms with Gasteiger partial charge in [0.05, 0.1) is 0 Å². The molecule has 1 amide bonds. The maximum atomic E-state index is 11.9. The molecule has 0 spiro atoms. The molecule has 3 nitrogen and oxygen atoms in total. The monoisotopic (exact) mass is 524 g/mol. The van der Waals surface area contributed by atoms with E-state index in [9.17, 15) is 4.79 Å². The molecule has 0 aromatic heterocycles. The third-order valence-corrected chi connectivity index (χ3v) is 7.73. The van der Waals surface area contributed by atoms with Gasteiger partial charge in [-0.25, -0.2) is 0 Å². The van der Waals surface area contributed by atoms with Gasteiger partial charge in [-0.2, -0.15) is 0 Å². The predicted octanol–water partition coefficient (Wildman–Crippen LogP) is 11.1. The standard InChI is InChI=1S/C34H69NO2/c1-3-5-7-9-11-13-15-17-18-19-20-21-23-25-27-29-31-35-34(36)33-37-32-30-28-26-24-22-16-14-12-10-8-6-4-2/h3-33H2,1-2H3,(H,35,36). The van der Waals surface area contributed by atoms with Crippen LogP contribution in [0.3, 0.4) is 0 Å². The van der Waals surface area contributed by atoms with Crippen LogP contribution in [0.5, 0.6) is 0 Å². The lowest BCUT2D eigenvalue weighted by Gasteiger charge is -2.07. The number of nitrogens with one attached hydrogen (secondary N) is 1. The zero-order valence-electron chi connectivity index (χ0n) is 25.7. The first-order chi connectivity index (χ1) is 18.3. The Labute approximate surface area is 234 Å². The van der Waals surface area contributed by atoms with E-state index in [1.807, 2.05) is 0 Å². The molecule has 37 heavy (non-hydrogen) atoms. The van der Waals surface area contributed by atoms with Crippen molar-refractivity contribution in [2.24, 2.45) is 0 Å². The fraction of sp³-hybridized carbons (Fsp3) is 0.971. The summed E-state index contributed by atoms with van der Waals surface area (Å²) < 4.78 is 5.56. The van der Waals surface area contributed by atoms with Crippen molar-refractivity contribution < 1.29 is 9.53 Å². The second-order valence-corrected chi connectivity index (χ2v) is 11.6. The molecular formula is C34H69NO2. The van der Waals surface area contributed by atoms with Gasteiger partial charge < -0.3 is 10.1 Å². The van der Waals surface area contributed by atoms with E-state index in [2.05, 4.69) is 19.2 Å². The minimum absolute atomic E-state index is 0.0555. The van der Waals surface area contributed by atoms with Gasteiger partial charge in [0, 0.05) is 13.2 Å². The normalized spacial score (nSPS) is 11.3. The minimum Gasteiger partial charge on any atom is -0.372 e. The van der Waals surface area contributed by atoms with Gasteiger partial charge in [0.2, 0.25) is 5.91 Å². The van der Waals surface area contributed by atoms with Crippen LogP contribution >= 0.6 is 0 Å².